The number of nitrogens with zero attached hydrogens (tertiary/aromatic N) is 1. The van der Waals surface area contributed by atoms with Crippen molar-refractivity contribution in [3.8, 4) is 10.4 Å². The van der Waals surface area contributed by atoms with Gasteiger partial charge in [0.05, 0.1) is 22.6 Å². The molecule has 1 heterocycles. The smallest absolute Gasteiger partial charge is 0.340 e. The number of hydrogen-bond donors (Lipinski definition) is 0. The molecule has 0 atom stereocenters. The number of aryl methyl sites for hydroxylation is 1. The predicted octanol–water partition coefficient (Wildman–Crippen LogP) is 3.04. The monoisotopic (exact) mass is 251 g/mol. The van der Waals surface area contributed by atoms with E-state index in [2.05, 4.69) is 9.72 Å². The molecule has 0 N–H and O–H groups in total. The van der Waals surface area contributed by atoms with Crippen molar-refractivity contribution in [2.75, 3.05) is 7.11 Å². The number of halogens is 1. The highest BCUT2D eigenvalue weighted by molar-refractivity contribution is 7.15. The largest absolute Gasteiger partial charge is 0.465 e. The highest BCUT2D eigenvalue weighted by atomic mass is 32.1. The molecule has 0 amide bonds. The van der Waals surface area contributed by atoms with Gasteiger partial charge in [0.2, 0.25) is 0 Å². The molecule has 2 aromatic rings. The van der Waals surface area contributed by atoms with E-state index < -0.39 is 11.8 Å². The maximum atomic E-state index is 13.7. The molecular weight excluding hydrogens is 241 g/mol. The van der Waals surface area contributed by atoms with E-state index in [1.54, 1.807) is 12.3 Å². The summed E-state index contributed by atoms with van der Waals surface area (Å²) in [6.45, 7) is 1.88. The van der Waals surface area contributed by atoms with Gasteiger partial charge < -0.3 is 4.74 Å². The van der Waals surface area contributed by atoms with Gasteiger partial charge in [-0.3, -0.25) is 0 Å². The molecule has 1 aromatic carbocycles. The Balaban J connectivity index is 2.40. The van der Waals surface area contributed by atoms with Crippen LogP contribution in [0.1, 0.15) is 15.4 Å². The zero-order valence-corrected chi connectivity index (χ0v) is 10.2. The molecule has 1 aromatic heterocycles. The van der Waals surface area contributed by atoms with E-state index in [1.807, 2.05) is 6.92 Å². The molecule has 2 rings (SSSR count). The van der Waals surface area contributed by atoms with Crippen molar-refractivity contribution in [2.45, 2.75) is 6.92 Å². The second-order valence-corrected chi connectivity index (χ2v) is 4.66. The minimum absolute atomic E-state index is 0.0579. The van der Waals surface area contributed by atoms with Crippen LogP contribution in [0, 0.1) is 12.7 Å². The molecule has 0 aliphatic rings. The molecule has 0 radical (unpaired) electrons. The first kappa shape index (κ1) is 11.7. The van der Waals surface area contributed by atoms with Crippen molar-refractivity contribution < 1.29 is 13.9 Å². The molecular formula is C12H10FNO2S. The van der Waals surface area contributed by atoms with Gasteiger partial charge in [-0.2, -0.15) is 0 Å². The number of ether oxygens (including phenoxy) is 1. The molecule has 3 nitrogen and oxygen atoms in total. The summed E-state index contributed by atoms with van der Waals surface area (Å²) >= 11 is 1.48. The van der Waals surface area contributed by atoms with Crippen molar-refractivity contribution in [2.24, 2.45) is 0 Å². The minimum atomic E-state index is -0.672. The van der Waals surface area contributed by atoms with Gasteiger partial charge in [0, 0.05) is 6.20 Å². The van der Waals surface area contributed by atoms with E-state index in [9.17, 15) is 9.18 Å². The maximum absolute atomic E-state index is 13.7. The Morgan fingerprint density at radius 2 is 2.24 bits per heavy atom. The molecule has 0 saturated carbocycles. The zero-order chi connectivity index (χ0) is 12.4. The number of hydrogen-bond acceptors (Lipinski definition) is 4. The fourth-order valence-electron chi connectivity index (χ4n) is 1.44. The third-order valence-corrected chi connectivity index (χ3v) is 3.24. The van der Waals surface area contributed by atoms with Crippen LogP contribution in [0.3, 0.4) is 0 Å². The fourth-order valence-corrected chi connectivity index (χ4v) is 2.21. The lowest BCUT2D eigenvalue weighted by Gasteiger charge is -2.02. The Morgan fingerprint density at radius 1 is 1.47 bits per heavy atom. The first-order chi connectivity index (χ1) is 8.11. The van der Waals surface area contributed by atoms with Crippen LogP contribution in [0.2, 0.25) is 0 Å². The third-order valence-electron chi connectivity index (χ3n) is 2.28. The number of benzene rings is 1. The summed E-state index contributed by atoms with van der Waals surface area (Å²) in [5, 5.41) is 0.914. The van der Waals surface area contributed by atoms with Gasteiger partial charge in [-0.15, -0.1) is 11.3 Å². The van der Waals surface area contributed by atoms with Crippen LogP contribution in [0.25, 0.3) is 10.4 Å². The molecule has 0 spiro atoms. The van der Waals surface area contributed by atoms with Crippen LogP contribution in [0.4, 0.5) is 4.39 Å². The molecule has 88 valence electrons. The molecule has 0 bridgehead atoms. The Morgan fingerprint density at radius 3 is 2.76 bits per heavy atom. The van der Waals surface area contributed by atoms with Gasteiger partial charge in [-0.05, 0) is 24.6 Å². The van der Waals surface area contributed by atoms with Gasteiger partial charge >= 0.3 is 5.97 Å². The van der Waals surface area contributed by atoms with Gasteiger partial charge in [0.1, 0.15) is 5.82 Å². The third kappa shape index (κ3) is 2.34. The van der Waals surface area contributed by atoms with Crippen LogP contribution in [0.15, 0.2) is 24.4 Å². The zero-order valence-electron chi connectivity index (χ0n) is 9.36. The summed E-state index contributed by atoms with van der Waals surface area (Å²) in [7, 11) is 1.22. The summed E-state index contributed by atoms with van der Waals surface area (Å²) < 4.78 is 18.1. The number of carbonyl (C=O) groups is 1. The van der Waals surface area contributed by atoms with Crippen molar-refractivity contribution >= 4 is 17.3 Å². The maximum Gasteiger partial charge on any atom is 0.340 e. The molecule has 5 heteroatoms. The number of methoxy groups -OCH3 is 1. The Hall–Kier alpha value is -1.75. The van der Waals surface area contributed by atoms with Gasteiger partial charge in [0.25, 0.3) is 0 Å². The van der Waals surface area contributed by atoms with E-state index in [-0.39, 0.29) is 5.56 Å². The number of carbonyl (C=O) groups excluding carboxylic acids is 1. The van der Waals surface area contributed by atoms with Crippen molar-refractivity contribution in [1.82, 2.24) is 4.98 Å². The SMILES string of the molecule is COC(=O)c1ccc(-c2cnc(C)s2)cc1F. The average Bonchev–Trinajstić information content (AvgIpc) is 2.75. The van der Waals surface area contributed by atoms with Crippen LogP contribution in [0.5, 0.6) is 0 Å². The standard InChI is InChI=1S/C12H10FNO2S/c1-7-14-6-11(17-7)8-3-4-9(10(13)5-8)12(15)16-2/h3-6H,1-2H3. The Labute approximate surface area is 102 Å². The number of thiazole rings is 1. The van der Waals surface area contributed by atoms with E-state index in [0.717, 1.165) is 9.88 Å². The first-order valence-corrected chi connectivity index (χ1v) is 5.74. The first-order valence-electron chi connectivity index (χ1n) is 4.92. The predicted molar refractivity (Wildman–Crippen MR) is 63.6 cm³/mol. The van der Waals surface area contributed by atoms with E-state index in [1.165, 1.54) is 30.6 Å². The van der Waals surface area contributed by atoms with E-state index in [0.29, 0.717) is 5.56 Å². The van der Waals surface area contributed by atoms with Gasteiger partial charge in [-0.25, -0.2) is 14.2 Å². The van der Waals surface area contributed by atoms with Crippen LogP contribution < -0.4 is 0 Å². The topological polar surface area (TPSA) is 39.2 Å². The van der Waals surface area contributed by atoms with Crippen LogP contribution >= 0.6 is 11.3 Å². The lowest BCUT2D eigenvalue weighted by atomic mass is 10.1. The van der Waals surface area contributed by atoms with E-state index in [4.69, 9.17) is 0 Å². The Bertz CT molecular complexity index is 565. The molecule has 0 aliphatic heterocycles. The molecule has 0 aliphatic carbocycles. The van der Waals surface area contributed by atoms with E-state index >= 15 is 0 Å². The molecule has 17 heavy (non-hydrogen) atoms. The minimum Gasteiger partial charge on any atom is -0.465 e. The van der Waals surface area contributed by atoms with Gasteiger partial charge in [-0.1, -0.05) is 6.07 Å². The Kier molecular flexibility index (Phi) is 3.19. The summed E-state index contributed by atoms with van der Waals surface area (Å²) in [6, 6.07) is 4.42. The van der Waals surface area contributed by atoms with Gasteiger partial charge in [0.15, 0.2) is 0 Å². The summed E-state index contributed by atoms with van der Waals surface area (Å²) in [5.41, 5.74) is 0.651. The average molecular weight is 251 g/mol. The summed E-state index contributed by atoms with van der Waals surface area (Å²) in [6.07, 6.45) is 1.69. The second-order valence-electron chi connectivity index (χ2n) is 3.43. The molecule has 0 fully saturated rings. The normalized spacial score (nSPS) is 10.3. The lowest BCUT2D eigenvalue weighted by molar-refractivity contribution is 0.0595. The molecule has 0 unspecified atom stereocenters. The van der Waals surface area contributed by atoms with Crippen molar-refractivity contribution in [1.29, 1.82) is 0 Å². The van der Waals surface area contributed by atoms with Crippen LogP contribution in [-0.2, 0) is 4.74 Å². The number of rotatable bonds is 2. The number of aromatic nitrogens is 1. The highest BCUT2D eigenvalue weighted by Crippen LogP contribution is 2.27. The van der Waals surface area contributed by atoms with Crippen LogP contribution in [-0.4, -0.2) is 18.1 Å². The molecule has 0 saturated heterocycles. The lowest BCUT2D eigenvalue weighted by Crippen LogP contribution is -2.04. The number of esters is 1. The summed E-state index contributed by atoms with van der Waals surface area (Å²) in [5.74, 6) is -1.25. The second kappa shape index (κ2) is 4.63. The highest BCUT2D eigenvalue weighted by Gasteiger charge is 2.13. The quantitative estimate of drug-likeness (QED) is 0.770. The van der Waals surface area contributed by atoms with Crippen molar-refractivity contribution in [3.05, 3.63) is 40.8 Å². The summed E-state index contributed by atoms with van der Waals surface area (Å²) in [4.78, 5) is 16.2. The fraction of sp³-hybridized carbons (Fsp3) is 0.167. The van der Waals surface area contributed by atoms with Crippen molar-refractivity contribution in [3.63, 3.8) is 0 Å².